The molecular weight excluding hydrogens is 236 g/mol. The van der Waals surface area contributed by atoms with Gasteiger partial charge in [-0.15, -0.1) is 0 Å². The normalized spacial score (nSPS) is 20.9. The van der Waals surface area contributed by atoms with Gasteiger partial charge in [-0.3, -0.25) is 0 Å². The molecule has 0 aliphatic carbocycles. The summed E-state index contributed by atoms with van der Waals surface area (Å²) in [7, 11) is 0. The predicted octanol–water partition coefficient (Wildman–Crippen LogP) is 4.15. The molecule has 1 unspecified atom stereocenters. The lowest BCUT2D eigenvalue weighted by Gasteiger charge is -2.20. The Morgan fingerprint density at radius 3 is 2.44 bits per heavy atom. The summed E-state index contributed by atoms with van der Waals surface area (Å²) in [5.74, 6) is 4.10. The second kappa shape index (κ2) is 10.5. The highest BCUT2D eigenvalue weighted by Gasteiger charge is 2.13. The van der Waals surface area contributed by atoms with E-state index in [1.165, 1.54) is 55.8 Å². The Balaban J connectivity index is 1.78. The van der Waals surface area contributed by atoms with Gasteiger partial charge in [-0.05, 0) is 12.8 Å². The molecule has 0 amide bonds. The van der Waals surface area contributed by atoms with Crippen molar-refractivity contribution in [2.24, 2.45) is 0 Å². The molecule has 0 spiro atoms. The zero-order valence-electron chi connectivity index (χ0n) is 10.2. The van der Waals surface area contributed by atoms with Crippen LogP contribution < -0.4 is 0 Å². The van der Waals surface area contributed by atoms with E-state index < -0.39 is 0 Å². The van der Waals surface area contributed by atoms with Gasteiger partial charge >= 0.3 is 0 Å². The second-order valence-electron chi connectivity index (χ2n) is 4.43. The summed E-state index contributed by atoms with van der Waals surface area (Å²) in [6.07, 6.45) is 11.0. The minimum Gasteiger partial charge on any atom is -0.303 e. The smallest absolute Gasteiger partial charge is 0.119 e. The highest BCUT2D eigenvalue weighted by molar-refractivity contribution is 8.06. The molecule has 94 valence electrons. The van der Waals surface area contributed by atoms with Crippen molar-refractivity contribution < 1.29 is 4.79 Å². The van der Waals surface area contributed by atoms with Crippen molar-refractivity contribution in [3.05, 3.63) is 0 Å². The fourth-order valence-corrected chi connectivity index (χ4v) is 4.80. The van der Waals surface area contributed by atoms with Crippen LogP contribution in [0.3, 0.4) is 0 Å². The molecule has 0 bridgehead atoms. The van der Waals surface area contributed by atoms with Gasteiger partial charge in [-0.2, -0.15) is 23.5 Å². The standard InChI is InChI=1S/C13H24OS2/c14-9-7-5-3-1-2-4-6-8-13-12-15-10-11-16-13/h9,13H,1-8,10-12H2. The lowest BCUT2D eigenvalue weighted by atomic mass is 10.1. The van der Waals surface area contributed by atoms with Gasteiger partial charge in [0.25, 0.3) is 0 Å². The van der Waals surface area contributed by atoms with Crippen LogP contribution in [0.15, 0.2) is 0 Å². The van der Waals surface area contributed by atoms with Gasteiger partial charge in [0.2, 0.25) is 0 Å². The summed E-state index contributed by atoms with van der Waals surface area (Å²) in [5, 5.41) is 0.939. The molecule has 1 aliphatic rings. The average molecular weight is 260 g/mol. The summed E-state index contributed by atoms with van der Waals surface area (Å²) in [4.78, 5) is 10.1. The number of hydrogen-bond donors (Lipinski definition) is 0. The minimum absolute atomic E-state index is 0.760. The number of rotatable bonds is 9. The Bertz CT molecular complexity index is 167. The highest BCUT2D eigenvalue weighted by atomic mass is 32.2. The average Bonchev–Trinajstić information content (AvgIpc) is 2.34. The van der Waals surface area contributed by atoms with E-state index in [1.54, 1.807) is 0 Å². The Morgan fingerprint density at radius 2 is 1.75 bits per heavy atom. The topological polar surface area (TPSA) is 17.1 Å². The number of hydrogen-bond acceptors (Lipinski definition) is 3. The number of thioether (sulfide) groups is 2. The molecule has 1 heterocycles. The van der Waals surface area contributed by atoms with Gasteiger partial charge in [0.1, 0.15) is 6.29 Å². The molecule has 0 radical (unpaired) electrons. The zero-order valence-corrected chi connectivity index (χ0v) is 11.8. The lowest BCUT2D eigenvalue weighted by Crippen LogP contribution is -2.13. The van der Waals surface area contributed by atoms with Crippen molar-refractivity contribution in [1.82, 2.24) is 0 Å². The molecule has 1 aliphatic heterocycles. The second-order valence-corrected chi connectivity index (χ2v) is 6.99. The number of aldehydes is 1. The summed E-state index contributed by atoms with van der Waals surface area (Å²) in [6.45, 7) is 0. The third-order valence-corrected chi connectivity index (χ3v) is 5.90. The largest absolute Gasteiger partial charge is 0.303 e. The van der Waals surface area contributed by atoms with Crippen LogP contribution in [0.1, 0.15) is 51.4 Å². The van der Waals surface area contributed by atoms with Gasteiger partial charge in [0.05, 0.1) is 0 Å². The van der Waals surface area contributed by atoms with Crippen LogP contribution in [-0.4, -0.2) is 28.8 Å². The quantitative estimate of drug-likeness (QED) is 0.458. The van der Waals surface area contributed by atoms with Gasteiger partial charge in [-0.25, -0.2) is 0 Å². The molecule has 1 nitrogen and oxygen atoms in total. The van der Waals surface area contributed by atoms with Crippen LogP contribution in [0.25, 0.3) is 0 Å². The zero-order chi connectivity index (χ0) is 11.5. The third-order valence-electron chi connectivity index (χ3n) is 2.98. The monoisotopic (exact) mass is 260 g/mol. The van der Waals surface area contributed by atoms with E-state index in [2.05, 4.69) is 23.5 Å². The van der Waals surface area contributed by atoms with Gasteiger partial charge < -0.3 is 4.79 Å². The summed E-state index contributed by atoms with van der Waals surface area (Å²) in [5.41, 5.74) is 0. The van der Waals surface area contributed by atoms with Crippen LogP contribution in [-0.2, 0) is 4.79 Å². The van der Waals surface area contributed by atoms with Crippen LogP contribution in [0.2, 0.25) is 0 Å². The lowest BCUT2D eigenvalue weighted by molar-refractivity contribution is -0.107. The Kier molecular flexibility index (Phi) is 9.49. The fraction of sp³-hybridized carbons (Fsp3) is 0.923. The first-order valence-corrected chi connectivity index (χ1v) is 8.77. The third kappa shape index (κ3) is 7.61. The van der Waals surface area contributed by atoms with E-state index in [0.29, 0.717) is 0 Å². The maximum Gasteiger partial charge on any atom is 0.119 e. The van der Waals surface area contributed by atoms with Crippen molar-refractivity contribution in [1.29, 1.82) is 0 Å². The molecule has 16 heavy (non-hydrogen) atoms. The molecule has 1 saturated heterocycles. The molecule has 0 aromatic heterocycles. The van der Waals surface area contributed by atoms with Crippen LogP contribution in [0.4, 0.5) is 0 Å². The SMILES string of the molecule is O=CCCCCCCCCC1CSCCS1. The maximum absolute atomic E-state index is 10.1. The fourth-order valence-electron chi connectivity index (χ4n) is 2.01. The Hall–Kier alpha value is 0.370. The van der Waals surface area contributed by atoms with Gasteiger partial charge in [0, 0.05) is 28.9 Å². The van der Waals surface area contributed by atoms with E-state index in [1.807, 2.05) is 0 Å². The molecule has 0 aromatic rings. The summed E-state index contributed by atoms with van der Waals surface area (Å²) in [6, 6.07) is 0. The molecule has 0 saturated carbocycles. The van der Waals surface area contributed by atoms with Crippen molar-refractivity contribution in [3.8, 4) is 0 Å². The first-order valence-electron chi connectivity index (χ1n) is 6.56. The number of unbranched alkanes of at least 4 members (excludes halogenated alkanes) is 6. The van der Waals surface area contributed by atoms with Crippen LogP contribution >= 0.6 is 23.5 Å². The van der Waals surface area contributed by atoms with Gasteiger partial charge in [-0.1, -0.05) is 32.1 Å². The maximum atomic E-state index is 10.1. The summed E-state index contributed by atoms with van der Waals surface area (Å²) < 4.78 is 0. The molecule has 1 fully saturated rings. The van der Waals surface area contributed by atoms with E-state index in [4.69, 9.17) is 0 Å². The van der Waals surface area contributed by atoms with E-state index in [-0.39, 0.29) is 0 Å². The minimum atomic E-state index is 0.760. The van der Waals surface area contributed by atoms with Crippen molar-refractivity contribution in [3.63, 3.8) is 0 Å². The highest BCUT2D eigenvalue weighted by Crippen LogP contribution is 2.27. The van der Waals surface area contributed by atoms with Crippen molar-refractivity contribution in [2.75, 3.05) is 17.3 Å². The molecule has 1 rings (SSSR count). The van der Waals surface area contributed by atoms with Crippen LogP contribution in [0, 0.1) is 0 Å². The molecule has 0 N–H and O–H groups in total. The summed E-state index contributed by atoms with van der Waals surface area (Å²) >= 11 is 4.30. The first-order chi connectivity index (χ1) is 7.93. The van der Waals surface area contributed by atoms with Crippen molar-refractivity contribution >= 4 is 29.8 Å². The molecule has 3 heteroatoms. The molecule has 0 aromatic carbocycles. The first kappa shape index (κ1) is 14.4. The Labute approximate surface area is 109 Å². The van der Waals surface area contributed by atoms with E-state index >= 15 is 0 Å². The van der Waals surface area contributed by atoms with E-state index in [9.17, 15) is 4.79 Å². The van der Waals surface area contributed by atoms with E-state index in [0.717, 1.165) is 24.4 Å². The van der Waals surface area contributed by atoms with Gasteiger partial charge in [0.15, 0.2) is 0 Å². The number of carbonyl (C=O) groups excluding carboxylic acids is 1. The predicted molar refractivity (Wildman–Crippen MR) is 76.6 cm³/mol. The Morgan fingerprint density at radius 1 is 1.00 bits per heavy atom. The molecule has 1 atom stereocenters. The molecular formula is C13H24OS2. The van der Waals surface area contributed by atoms with Crippen LogP contribution in [0.5, 0.6) is 0 Å². The number of carbonyl (C=O) groups is 1. The van der Waals surface area contributed by atoms with Crippen molar-refractivity contribution in [2.45, 2.75) is 56.6 Å².